The van der Waals surface area contributed by atoms with Crippen molar-refractivity contribution in [3.05, 3.63) is 38.7 Å². The Balaban J connectivity index is 1.93. The summed E-state index contributed by atoms with van der Waals surface area (Å²) in [5, 5.41) is 11.3. The third kappa shape index (κ3) is 1.53. The van der Waals surface area contributed by atoms with Gasteiger partial charge in [-0.15, -0.1) is 0 Å². The van der Waals surface area contributed by atoms with E-state index in [2.05, 4.69) is 11.0 Å². The maximum absolute atomic E-state index is 12.3. The second-order valence-electron chi connectivity index (χ2n) is 6.77. The molecular formula is C18H19NO3. The van der Waals surface area contributed by atoms with Crippen LogP contribution in [-0.2, 0) is 19.3 Å². The summed E-state index contributed by atoms with van der Waals surface area (Å²) in [6, 6.07) is 2.18. The lowest BCUT2D eigenvalue weighted by Gasteiger charge is -2.37. The molecule has 2 aliphatic heterocycles. The lowest BCUT2D eigenvalue weighted by Crippen LogP contribution is -2.34. The largest absolute Gasteiger partial charge is 0.422 e. The van der Waals surface area contributed by atoms with E-state index in [0.717, 1.165) is 48.9 Å². The number of aliphatic hydroxyl groups excluding tert-OH is 1. The number of aliphatic hydroxyl groups is 1. The van der Waals surface area contributed by atoms with Crippen LogP contribution in [0.25, 0.3) is 11.0 Å². The highest BCUT2D eigenvalue weighted by Gasteiger charge is 2.32. The fourth-order valence-corrected chi connectivity index (χ4v) is 4.62. The fourth-order valence-electron chi connectivity index (χ4n) is 4.62. The summed E-state index contributed by atoms with van der Waals surface area (Å²) >= 11 is 0. The Hall–Kier alpha value is -1.81. The monoisotopic (exact) mass is 297 g/mol. The van der Waals surface area contributed by atoms with Gasteiger partial charge in [0.25, 0.3) is 0 Å². The lowest BCUT2D eigenvalue weighted by molar-refractivity contribution is 0.181. The molecule has 3 aliphatic rings. The van der Waals surface area contributed by atoms with E-state index in [9.17, 15) is 9.90 Å². The van der Waals surface area contributed by atoms with Crippen molar-refractivity contribution >= 4 is 16.7 Å². The molecule has 4 nitrogen and oxygen atoms in total. The lowest BCUT2D eigenvalue weighted by atomic mass is 9.88. The Morgan fingerprint density at radius 1 is 1.14 bits per heavy atom. The highest BCUT2D eigenvalue weighted by molar-refractivity contribution is 5.91. The second-order valence-corrected chi connectivity index (χ2v) is 6.77. The molecule has 22 heavy (non-hydrogen) atoms. The maximum atomic E-state index is 12.3. The molecule has 114 valence electrons. The normalized spacial score (nSPS) is 22.8. The average molecular weight is 297 g/mol. The molecule has 0 fully saturated rings. The predicted octanol–water partition coefficient (Wildman–Crippen LogP) is 2.47. The number of rotatable bonds is 0. The highest BCUT2D eigenvalue weighted by atomic mass is 16.4. The van der Waals surface area contributed by atoms with Crippen molar-refractivity contribution in [3.8, 4) is 0 Å². The van der Waals surface area contributed by atoms with Crippen LogP contribution in [0.4, 0.5) is 5.69 Å². The molecule has 2 aromatic rings. The Bertz CT molecular complexity index is 850. The van der Waals surface area contributed by atoms with Crippen LogP contribution in [0.1, 0.15) is 47.6 Å². The van der Waals surface area contributed by atoms with Crippen molar-refractivity contribution in [2.75, 3.05) is 18.0 Å². The third-order valence-corrected chi connectivity index (χ3v) is 5.53. The van der Waals surface area contributed by atoms with E-state index in [4.69, 9.17) is 4.42 Å². The molecule has 1 aromatic carbocycles. The van der Waals surface area contributed by atoms with Crippen molar-refractivity contribution in [2.45, 2.75) is 44.6 Å². The molecule has 5 rings (SSSR count). The van der Waals surface area contributed by atoms with Gasteiger partial charge in [-0.25, -0.2) is 4.79 Å². The summed E-state index contributed by atoms with van der Waals surface area (Å²) in [5.74, 6) is 0. The molecular weight excluding hydrogens is 278 g/mol. The number of hydrogen-bond acceptors (Lipinski definition) is 4. The first kappa shape index (κ1) is 12.7. The number of benzene rings is 1. The third-order valence-electron chi connectivity index (χ3n) is 5.53. The van der Waals surface area contributed by atoms with Gasteiger partial charge >= 0.3 is 5.63 Å². The predicted molar refractivity (Wildman–Crippen MR) is 84.6 cm³/mol. The van der Waals surface area contributed by atoms with E-state index < -0.39 is 6.10 Å². The van der Waals surface area contributed by atoms with Gasteiger partial charge in [0.2, 0.25) is 0 Å². The Morgan fingerprint density at radius 3 is 2.82 bits per heavy atom. The summed E-state index contributed by atoms with van der Waals surface area (Å²) in [7, 11) is 0. The first-order chi connectivity index (χ1) is 10.7. The average Bonchev–Trinajstić information content (AvgIpc) is 2.92. The molecule has 0 spiro atoms. The SMILES string of the molecule is O=c1oc2c3c4c(cc2c2c1CCC2O)CCCN4CCC3. The maximum Gasteiger partial charge on any atom is 0.339 e. The first-order valence-electron chi connectivity index (χ1n) is 8.31. The van der Waals surface area contributed by atoms with E-state index in [1.807, 2.05) is 0 Å². The van der Waals surface area contributed by atoms with Gasteiger partial charge in [0, 0.05) is 40.9 Å². The van der Waals surface area contributed by atoms with E-state index in [-0.39, 0.29) is 5.63 Å². The minimum absolute atomic E-state index is 0.247. The molecule has 1 unspecified atom stereocenters. The van der Waals surface area contributed by atoms with Crippen LogP contribution in [0.2, 0.25) is 0 Å². The number of fused-ring (bicyclic) bond motifs is 4. The highest BCUT2D eigenvalue weighted by Crippen LogP contribution is 2.43. The molecule has 3 heterocycles. The van der Waals surface area contributed by atoms with Crippen LogP contribution < -0.4 is 10.5 Å². The number of anilines is 1. The smallest absolute Gasteiger partial charge is 0.339 e. The molecule has 1 aromatic heterocycles. The van der Waals surface area contributed by atoms with Gasteiger partial charge in [-0.1, -0.05) is 0 Å². The van der Waals surface area contributed by atoms with Crippen LogP contribution in [0.5, 0.6) is 0 Å². The van der Waals surface area contributed by atoms with Gasteiger partial charge in [-0.3, -0.25) is 0 Å². The molecule has 1 N–H and O–H groups in total. The number of aryl methyl sites for hydroxylation is 2. The zero-order chi connectivity index (χ0) is 14.8. The molecule has 0 radical (unpaired) electrons. The summed E-state index contributed by atoms with van der Waals surface area (Å²) in [4.78, 5) is 14.8. The van der Waals surface area contributed by atoms with Gasteiger partial charge in [-0.05, 0) is 50.2 Å². The van der Waals surface area contributed by atoms with Crippen LogP contribution in [0, 0.1) is 0 Å². The molecule has 0 saturated heterocycles. The standard InChI is InChI=1S/C18H19NO3/c20-14-6-5-11-15(14)13-9-10-3-1-7-19-8-2-4-12(16(10)19)17(13)22-18(11)21/h9,14,20H,1-8H2. The van der Waals surface area contributed by atoms with Gasteiger partial charge in [0.05, 0.1) is 6.10 Å². The molecule has 0 saturated carbocycles. The van der Waals surface area contributed by atoms with Crippen LogP contribution in [0.15, 0.2) is 15.3 Å². The topological polar surface area (TPSA) is 53.7 Å². The van der Waals surface area contributed by atoms with Crippen molar-refractivity contribution in [1.29, 1.82) is 0 Å². The summed E-state index contributed by atoms with van der Waals surface area (Å²) in [5.41, 5.74) is 5.88. The van der Waals surface area contributed by atoms with Gasteiger partial charge in [-0.2, -0.15) is 0 Å². The summed E-state index contributed by atoms with van der Waals surface area (Å²) < 4.78 is 5.73. The van der Waals surface area contributed by atoms with Crippen molar-refractivity contribution in [2.24, 2.45) is 0 Å². The zero-order valence-corrected chi connectivity index (χ0v) is 12.5. The van der Waals surface area contributed by atoms with E-state index >= 15 is 0 Å². The van der Waals surface area contributed by atoms with Gasteiger partial charge < -0.3 is 14.4 Å². The Kier molecular flexibility index (Phi) is 2.51. The van der Waals surface area contributed by atoms with Crippen molar-refractivity contribution in [1.82, 2.24) is 0 Å². The quantitative estimate of drug-likeness (QED) is 0.759. The van der Waals surface area contributed by atoms with Crippen molar-refractivity contribution in [3.63, 3.8) is 0 Å². The minimum atomic E-state index is -0.518. The minimum Gasteiger partial charge on any atom is -0.422 e. The Labute approximate surface area is 128 Å². The fraction of sp³-hybridized carbons (Fsp3) is 0.500. The number of hydrogen-bond donors (Lipinski definition) is 1. The number of nitrogens with zero attached hydrogens (tertiary/aromatic N) is 1. The molecule has 4 heteroatoms. The van der Waals surface area contributed by atoms with Gasteiger partial charge in [0.1, 0.15) is 5.58 Å². The molecule has 0 bridgehead atoms. The van der Waals surface area contributed by atoms with Gasteiger partial charge in [0.15, 0.2) is 0 Å². The second kappa shape index (κ2) is 4.35. The zero-order valence-electron chi connectivity index (χ0n) is 12.5. The van der Waals surface area contributed by atoms with Crippen LogP contribution >= 0.6 is 0 Å². The summed E-state index contributed by atoms with van der Waals surface area (Å²) in [6.45, 7) is 2.20. The molecule has 1 atom stereocenters. The van der Waals surface area contributed by atoms with E-state index in [1.165, 1.54) is 23.2 Å². The summed E-state index contributed by atoms with van der Waals surface area (Å²) in [6.07, 6.45) is 5.08. The molecule has 1 aliphatic carbocycles. The van der Waals surface area contributed by atoms with E-state index in [1.54, 1.807) is 0 Å². The van der Waals surface area contributed by atoms with E-state index in [0.29, 0.717) is 18.4 Å². The van der Waals surface area contributed by atoms with Crippen LogP contribution in [-0.4, -0.2) is 18.2 Å². The first-order valence-corrected chi connectivity index (χ1v) is 8.31. The molecule has 0 amide bonds. The van der Waals surface area contributed by atoms with Crippen LogP contribution in [0.3, 0.4) is 0 Å². The van der Waals surface area contributed by atoms with Crippen molar-refractivity contribution < 1.29 is 9.52 Å². The Morgan fingerprint density at radius 2 is 1.95 bits per heavy atom.